The average Bonchev–Trinajstić information content (AvgIpc) is 2.12. The van der Waals surface area contributed by atoms with Gasteiger partial charge in [-0.05, 0) is 0 Å². The van der Waals surface area contributed by atoms with Crippen LogP contribution in [0.4, 0.5) is 0 Å². The summed E-state index contributed by atoms with van der Waals surface area (Å²) >= 11 is 0. The summed E-state index contributed by atoms with van der Waals surface area (Å²) in [5, 5.41) is 7.14. The quantitative estimate of drug-likeness (QED) is 0.471. The van der Waals surface area contributed by atoms with Gasteiger partial charge in [-0.25, -0.2) is 0 Å². The second-order valence-electron chi connectivity index (χ2n) is 1.34. The van der Waals surface area contributed by atoms with Crippen LogP contribution in [0.15, 0.2) is 12.4 Å². The molecule has 0 saturated carbocycles. The Morgan fingerprint density at radius 2 is 2.00 bits per heavy atom. The number of nitrogens with zero attached hydrogens (tertiary/aromatic N) is 3. The molecule has 0 aliphatic carbocycles. The van der Waals surface area contributed by atoms with Crippen LogP contribution in [0, 0.1) is 0 Å². The molecule has 0 atom stereocenters. The van der Waals surface area contributed by atoms with Gasteiger partial charge >= 0.3 is 0 Å². The molecule has 0 saturated heterocycles. The third-order valence-electron chi connectivity index (χ3n) is 0.700. The van der Waals surface area contributed by atoms with Crippen molar-refractivity contribution in [3.63, 3.8) is 0 Å². The maximum atomic E-state index is 10.3. The van der Waals surface area contributed by atoms with Crippen LogP contribution >= 0.6 is 0 Å². The maximum Gasteiger partial charge on any atom is 0.261 e. The number of hydrogen-bond donors (Lipinski definition) is 0. The summed E-state index contributed by atoms with van der Waals surface area (Å²) in [6, 6.07) is 0. The van der Waals surface area contributed by atoms with E-state index in [0.29, 0.717) is 0 Å². The number of carbonyl (C=O) groups is 1. The average molecular weight is 111 g/mol. The number of carbonyl (C=O) groups excluding carboxylic acids is 1. The Bertz CT molecular complexity index is 179. The van der Waals surface area contributed by atoms with Crippen LogP contribution in [0.5, 0.6) is 0 Å². The topological polar surface area (TPSA) is 47.8 Å². The standard InChI is InChI=1S/C4H5N3O/c1-4(8)7-5-2-3-6-7/h2-3H,1H3. The van der Waals surface area contributed by atoms with E-state index in [9.17, 15) is 4.79 Å². The summed E-state index contributed by atoms with van der Waals surface area (Å²) in [6.45, 7) is 1.40. The smallest absolute Gasteiger partial charge is 0.261 e. The van der Waals surface area contributed by atoms with E-state index in [2.05, 4.69) is 10.2 Å². The highest BCUT2D eigenvalue weighted by Gasteiger charge is 1.92. The van der Waals surface area contributed by atoms with Crippen molar-refractivity contribution in [2.24, 2.45) is 0 Å². The predicted molar refractivity (Wildman–Crippen MR) is 26.3 cm³/mol. The maximum absolute atomic E-state index is 10.3. The largest absolute Gasteiger partial charge is 0.271 e. The molecule has 0 unspecified atom stereocenters. The first-order valence-electron chi connectivity index (χ1n) is 2.18. The zero-order chi connectivity index (χ0) is 5.98. The molecule has 1 rings (SSSR count). The third-order valence-corrected chi connectivity index (χ3v) is 0.700. The molecule has 0 aliphatic heterocycles. The Morgan fingerprint density at radius 1 is 1.50 bits per heavy atom. The highest BCUT2D eigenvalue weighted by Crippen LogP contribution is 1.74. The molecular formula is C4H5N3O. The molecule has 4 heteroatoms. The Hall–Kier alpha value is -1.19. The summed E-state index contributed by atoms with van der Waals surface area (Å²) in [6.07, 6.45) is 2.92. The van der Waals surface area contributed by atoms with Crippen LogP contribution in [0.2, 0.25) is 0 Å². The molecule has 0 radical (unpaired) electrons. The minimum atomic E-state index is -0.171. The van der Waals surface area contributed by atoms with Crippen LogP contribution < -0.4 is 0 Å². The molecule has 0 spiro atoms. The zero-order valence-corrected chi connectivity index (χ0v) is 4.40. The van der Waals surface area contributed by atoms with E-state index in [1.807, 2.05) is 0 Å². The Labute approximate surface area is 46.1 Å². The van der Waals surface area contributed by atoms with Gasteiger partial charge in [-0.2, -0.15) is 10.2 Å². The van der Waals surface area contributed by atoms with Gasteiger partial charge in [0, 0.05) is 6.92 Å². The van der Waals surface area contributed by atoms with Crippen molar-refractivity contribution < 1.29 is 4.79 Å². The lowest BCUT2D eigenvalue weighted by molar-refractivity contribution is 0.0903. The fourth-order valence-corrected chi connectivity index (χ4v) is 0.378. The fraction of sp³-hybridized carbons (Fsp3) is 0.250. The molecular weight excluding hydrogens is 106 g/mol. The van der Waals surface area contributed by atoms with Crippen molar-refractivity contribution in [3.05, 3.63) is 12.4 Å². The minimum absolute atomic E-state index is 0.171. The second kappa shape index (κ2) is 1.73. The highest BCUT2D eigenvalue weighted by molar-refractivity contribution is 5.73. The lowest BCUT2D eigenvalue weighted by atomic mass is 10.8. The van der Waals surface area contributed by atoms with Gasteiger partial charge in [0.25, 0.3) is 5.91 Å². The minimum Gasteiger partial charge on any atom is -0.271 e. The van der Waals surface area contributed by atoms with Gasteiger partial charge in [-0.15, -0.1) is 4.80 Å². The van der Waals surface area contributed by atoms with Crippen LogP contribution in [-0.2, 0) is 0 Å². The first kappa shape index (κ1) is 4.96. The summed E-state index contributed by atoms with van der Waals surface area (Å²) in [7, 11) is 0. The van der Waals surface area contributed by atoms with Gasteiger partial charge in [0.05, 0.1) is 12.4 Å². The van der Waals surface area contributed by atoms with Crippen molar-refractivity contribution in [2.45, 2.75) is 6.92 Å². The summed E-state index contributed by atoms with van der Waals surface area (Å²) in [4.78, 5) is 11.4. The summed E-state index contributed by atoms with van der Waals surface area (Å²) in [5.41, 5.74) is 0. The molecule has 8 heavy (non-hydrogen) atoms. The van der Waals surface area contributed by atoms with Gasteiger partial charge in [0.15, 0.2) is 0 Å². The van der Waals surface area contributed by atoms with E-state index in [0.717, 1.165) is 4.80 Å². The molecule has 1 heterocycles. The van der Waals surface area contributed by atoms with Crippen molar-refractivity contribution in [2.75, 3.05) is 0 Å². The van der Waals surface area contributed by atoms with Crippen molar-refractivity contribution >= 4 is 5.91 Å². The third kappa shape index (κ3) is 0.726. The number of aromatic nitrogens is 3. The fourth-order valence-electron chi connectivity index (χ4n) is 0.378. The molecule has 0 aromatic carbocycles. The molecule has 1 aromatic rings. The molecule has 4 nitrogen and oxygen atoms in total. The zero-order valence-electron chi connectivity index (χ0n) is 4.40. The summed E-state index contributed by atoms with van der Waals surface area (Å²) in [5.74, 6) is -0.171. The van der Waals surface area contributed by atoms with Gasteiger partial charge in [-0.3, -0.25) is 4.79 Å². The normalized spacial score (nSPS) is 9.12. The summed E-state index contributed by atoms with van der Waals surface area (Å²) < 4.78 is 0. The van der Waals surface area contributed by atoms with Crippen molar-refractivity contribution in [1.29, 1.82) is 0 Å². The number of rotatable bonds is 0. The predicted octanol–water partition coefficient (Wildman–Crippen LogP) is -0.0618. The highest BCUT2D eigenvalue weighted by atomic mass is 16.2. The monoisotopic (exact) mass is 111 g/mol. The van der Waals surface area contributed by atoms with E-state index >= 15 is 0 Å². The van der Waals surface area contributed by atoms with E-state index in [1.54, 1.807) is 0 Å². The lowest BCUT2D eigenvalue weighted by Gasteiger charge is -1.84. The molecule has 0 N–H and O–H groups in total. The van der Waals surface area contributed by atoms with Crippen LogP contribution in [0.1, 0.15) is 11.7 Å². The van der Waals surface area contributed by atoms with E-state index in [1.165, 1.54) is 19.3 Å². The van der Waals surface area contributed by atoms with E-state index in [-0.39, 0.29) is 5.91 Å². The lowest BCUT2D eigenvalue weighted by Crippen LogP contribution is -2.08. The first-order chi connectivity index (χ1) is 3.80. The second-order valence-corrected chi connectivity index (χ2v) is 1.34. The van der Waals surface area contributed by atoms with Gasteiger partial charge in [0.1, 0.15) is 0 Å². The van der Waals surface area contributed by atoms with Crippen LogP contribution in [-0.4, -0.2) is 20.9 Å². The Kier molecular flexibility index (Phi) is 1.07. The van der Waals surface area contributed by atoms with Gasteiger partial charge < -0.3 is 0 Å². The first-order valence-corrected chi connectivity index (χ1v) is 2.18. The van der Waals surface area contributed by atoms with E-state index in [4.69, 9.17) is 0 Å². The van der Waals surface area contributed by atoms with Crippen molar-refractivity contribution in [3.8, 4) is 0 Å². The molecule has 42 valence electrons. The van der Waals surface area contributed by atoms with E-state index < -0.39 is 0 Å². The Balaban J connectivity index is 2.93. The number of hydrogen-bond acceptors (Lipinski definition) is 3. The van der Waals surface area contributed by atoms with Crippen LogP contribution in [0.3, 0.4) is 0 Å². The molecule has 0 bridgehead atoms. The molecule has 0 aliphatic rings. The van der Waals surface area contributed by atoms with Gasteiger partial charge in [-0.1, -0.05) is 0 Å². The Morgan fingerprint density at radius 3 is 2.25 bits per heavy atom. The van der Waals surface area contributed by atoms with Crippen LogP contribution in [0.25, 0.3) is 0 Å². The molecule has 1 aromatic heterocycles. The molecule has 0 amide bonds. The SMILES string of the molecule is CC(=O)n1nccn1. The van der Waals surface area contributed by atoms with Crippen molar-refractivity contribution in [1.82, 2.24) is 15.0 Å². The van der Waals surface area contributed by atoms with Gasteiger partial charge in [0.2, 0.25) is 0 Å². The molecule has 0 fully saturated rings.